The fraction of sp³-hybridized carbons (Fsp3) is 0.583. The summed E-state index contributed by atoms with van der Waals surface area (Å²) in [5.74, 6) is 0. The smallest absolute Gasteiger partial charge is 0.0791 e. The van der Waals surface area contributed by atoms with Gasteiger partial charge in [-0.05, 0) is 25.2 Å². The molecule has 0 aromatic carbocycles. The molecule has 4 heteroatoms. The van der Waals surface area contributed by atoms with Crippen LogP contribution in [-0.2, 0) is 6.54 Å². The van der Waals surface area contributed by atoms with Crippen LogP contribution in [0.4, 0.5) is 0 Å². The minimum atomic E-state index is -0.318. The van der Waals surface area contributed by atoms with Crippen LogP contribution in [0.5, 0.6) is 0 Å². The molecule has 0 saturated carbocycles. The quantitative estimate of drug-likeness (QED) is 0.706. The molecule has 0 radical (unpaired) electrons. The van der Waals surface area contributed by atoms with Gasteiger partial charge < -0.3 is 10.4 Å². The average molecular weight is 223 g/mol. The lowest BCUT2D eigenvalue weighted by Gasteiger charge is -2.20. The van der Waals surface area contributed by atoms with E-state index in [2.05, 4.69) is 15.2 Å². The summed E-state index contributed by atoms with van der Waals surface area (Å²) in [7, 11) is 2.00. The molecule has 0 bridgehead atoms. The molecule has 1 heterocycles. The van der Waals surface area contributed by atoms with Crippen molar-refractivity contribution in [3.63, 3.8) is 0 Å². The molecule has 2 N–H and O–H groups in total. The van der Waals surface area contributed by atoms with Gasteiger partial charge in [0.2, 0.25) is 0 Å². The monoisotopic (exact) mass is 223 g/mol. The second-order valence-electron chi connectivity index (χ2n) is 4.02. The van der Waals surface area contributed by atoms with Crippen LogP contribution in [0, 0.1) is 0 Å². The van der Waals surface area contributed by atoms with Crippen LogP contribution in [0.1, 0.15) is 12.5 Å². The van der Waals surface area contributed by atoms with Crippen molar-refractivity contribution >= 4 is 0 Å². The van der Waals surface area contributed by atoms with Crippen LogP contribution in [0.15, 0.2) is 24.5 Å². The Morgan fingerprint density at radius 2 is 2.38 bits per heavy atom. The van der Waals surface area contributed by atoms with Crippen LogP contribution >= 0.6 is 0 Å². The Bertz CT molecular complexity index is 279. The molecule has 0 aliphatic heterocycles. The Morgan fingerprint density at radius 3 is 3.00 bits per heavy atom. The maximum atomic E-state index is 9.71. The first-order chi connectivity index (χ1) is 7.72. The molecule has 1 aromatic rings. The van der Waals surface area contributed by atoms with Gasteiger partial charge in [-0.3, -0.25) is 9.88 Å². The lowest BCUT2D eigenvalue weighted by atomic mass is 10.2. The number of aliphatic hydroxyl groups is 1. The molecule has 0 fully saturated rings. The molecule has 0 spiro atoms. The van der Waals surface area contributed by atoms with Gasteiger partial charge in [0.25, 0.3) is 0 Å². The maximum Gasteiger partial charge on any atom is 0.0791 e. The molecule has 1 aromatic heterocycles. The summed E-state index contributed by atoms with van der Waals surface area (Å²) in [6.07, 6.45) is 3.30. The molecule has 0 aliphatic rings. The summed E-state index contributed by atoms with van der Waals surface area (Å²) in [5.41, 5.74) is 1.17. The van der Waals surface area contributed by atoms with E-state index in [1.165, 1.54) is 5.56 Å². The van der Waals surface area contributed by atoms with E-state index in [-0.39, 0.29) is 6.10 Å². The Balaban J connectivity index is 2.27. The minimum absolute atomic E-state index is 0.318. The Hall–Kier alpha value is -0.970. The zero-order valence-electron chi connectivity index (χ0n) is 10.1. The molecule has 0 saturated heterocycles. The number of nitrogens with one attached hydrogen (secondary N) is 1. The molecule has 1 unspecified atom stereocenters. The molecule has 16 heavy (non-hydrogen) atoms. The maximum absolute atomic E-state index is 9.71. The third-order valence-electron chi connectivity index (χ3n) is 2.33. The second kappa shape index (κ2) is 7.33. The summed E-state index contributed by atoms with van der Waals surface area (Å²) < 4.78 is 0. The molecular formula is C12H21N3O. The van der Waals surface area contributed by atoms with Gasteiger partial charge in [-0.2, -0.15) is 0 Å². The molecule has 0 amide bonds. The fourth-order valence-electron chi connectivity index (χ4n) is 1.60. The van der Waals surface area contributed by atoms with E-state index in [1.807, 2.05) is 32.3 Å². The van der Waals surface area contributed by atoms with E-state index in [9.17, 15) is 5.11 Å². The number of aromatic nitrogens is 1. The van der Waals surface area contributed by atoms with Gasteiger partial charge in [-0.25, -0.2) is 0 Å². The van der Waals surface area contributed by atoms with Crippen LogP contribution in [0.2, 0.25) is 0 Å². The van der Waals surface area contributed by atoms with Gasteiger partial charge in [0.15, 0.2) is 0 Å². The van der Waals surface area contributed by atoms with E-state index in [0.29, 0.717) is 13.1 Å². The third kappa shape index (κ3) is 5.21. The summed E-state index contributed by atoms with van der Waals surface area (Å²) in [4.78, 5) is 6.16. The standard InChI is InChI=1S/C12H21N3O/c1-3-13-8-12(16)10-15(2)9-11-5-4-6-14-7-11/h4-7,12-13,16H,3,8-10H2,1-2H3. The van der Waals surface area contributed by atoms with Crippen LogP contribution in [-0.4, -0.2) is 47.8 Å². The van der Waals surface area contributed by atoms with Crippen LogP contribution in [0.25, 0.3) is 0 Å². The van der Waals surface area contributed by atoms with Crippen molar-refractivity contribution in [3.8, 4) is 0 Å². The molecule has 4 nitrogen and oxygen atoms in total. The van der Waals surface area contributed by atoms with Gasteiger partial charge in [-0.15, -0.1) is 0 Å². The summed E-state index contributed by atoms with van der Waals surface area (Å²) in [6, 6.07) is 3.97. The number of aliphatic hydroxyl groups excluding tert-OH is 1. The van der Waals surface area contributed by atoms with Gasteiger partial charge in [0.05, 0.1) is 6.10 Å². The van der Waals surface area contributed by atoms with Gasteiger partial charge in [0.1, 0.15) is 0 Å². The molecule has 0 aliphatic carbocycles. The topological polar surface area (TPSA) is 48.4 Å². The lowest BCUT2D eigenvalue weighted by Crippen LogP contribution is -2.36. The highest BCUT2D eigenvalue weighted by Crippen LogP contribution is 2.01. The van der Waals surface area contributed by atoms with E-state index in [1.54, 1.807) is 6.20 Å². The summed E-state index contributed by atoms with van der Waals surface area (Å²) in [5, 5.41) is 12.8. The Morgan fingerprint density at radius 1 is 1.56 bits per heavy atom. The summed E-state index contributed by atoms with van der Waals surface area (Å²) in [6.45, 7) is 5.06. The van der Waals surface area contributed by atoms with Crippen molar-refractivity contribution in [2.24, 2.45) is 0 Å². The average Bonchev–Trinajstić information content (AvgIpc) is 2.27. The second-order valence-corrected chi connectivity index (χ2v) is 4.02. The molecular weight excluding hydrogens is 202 g/mol. The largest absolute Gasteiger partial charge is 0.390 e. The number of hydrogen-bond acceptors (Lipinski definition) is 4. The molecule has 90 valence electrons. The predicted molar refractivity (Wildman–Crippen MR) is 65.1 cm³/mol. The van der Waals surface area contributed by atoms with Crippen molar-refractivity contribution in [1.82, 2.24) is 15.2 Å². The highest BCUT2D eigenvalue weighted by Gasteiger charge is 2.07. The van der Waals surface area contributed by atoms with E-state index < -0.39 is 0 Å². The highest BCUT2D eigenvalue weighted by atomic mass is 16.3. The SMILES string of the molecule is CCNCC(O)CN(C)Cc1cccnc1. The lowest BCUT2D eigenvalue weighted by molar-refractivity contribution is 0.122. The summed E-state index contributed by atoms with van der Waals surface area (Å²) >= 11 is 0. The number of nitrogens with zero attached hydrogens (tertiary/aromatic N) is 2. The zero-order chi connectivity index (χ0) is 11.8. The number of likely N-dealkylation sites (N-methyl/N-ethyl adjacent to an activating group) is 2. The van der Waals surface area contributed by atoms with Crippen LogP contribution < -0.4 is 5.32 Å². The normalized spacial score (nSPS) is 13.0. The molecule has 1 atom stereocenters. The molecule has 1 rings (SSSR count). The van der Waals surface area contributed by atoms with Crippen molar-refractivity contribution in [1.29, 1.82) is 0 Å². The first-order valence-electron chi connectivity index (χ1n) is 5.68. The first kappa shape index (κ1) is 13.1. The van der Waals surface area contributed by atoms with Crippen LogP contribution in [0.3, 0.4) is 0 Å². The van der Waals surface area contributed by atoms with Crippen molar-refractivity contribution in [3.05, 3.63) is 30.1 Å². The van der Waals surface area contributed by atoms with E-state index in [4.69, 9.17) is 0 Å². The Kier molecular flexibility index (Phi) is 6.00. The fourth-order valence-corrected chi connectivity index (χ4v) is 1.60. The van der Waals surface area contributed by atoms with E-state index >= 15 is 0 Å². The van der Waals surface area contributed by atoms with Gasteiger partial charge >= 0.3 is 0 Å². The van der Waals surface area contributed by atoms with E-state index in [0.717, 1.165) is 13.1 Å². The van der Waals surface area contributed by atoms with Crippen molar-refractivity contribution in [2.45, 2.75) is 19.6 Å². The Labute approximate surface area is 97.3 Å². The van der Waals surface area contributed by atoms with Crippen molar-refractivity contribution in [2.75, 3.05) is 26.7 Å². The predicted octanol–water partition coefficient (Wildman–Crippen LogP) is 0.484. The minimum Gasteiger partial charge on any atom is -0.390 e. The van der Waals surface area contributed by atoms with Gasteiger partial charge in [-0.1, -0.05) is 13.0 Å². The number of rotatable bonds is 7. The highest BCUT2D eigenvalue weighted by molar-refractivity contribution is 5.07. The number of pyridine rings is 1. The number of hydrogen-bond donors (Lipinski definition) is 2. The zero-order valence-corrected chi connectivity index (χ0v) is 10.1. The van der Waals surface area contributed by atoms with Gasteiger partial charge in [0, 0.05) is 32.0 Å². The first-order valence-corrected chi connectivity index (χ1v) is 5.68. The van der Waals surface area contributed by atoms with Crippen molar-refractivity contribution < 1.29 is 5.11 Å². The third-order valence-corrected chi connectivity index (χ3v) is 2.33.